The summed E-state index contributed by atoms with van der Waals surface area (Å²) >= 11 is 7.89. The molecule has 1 N–H and O–H groups in total. The van der Waals surface area contributed by atoms with Gasteiger partial charge in [-0.15, -0.1) is 0 Å². The number of hydrogen-bond acceptors (Lipinski definition) is 4. The molecule has 5 heteroatoms. The minimum atomic E-state index is -0.403. The quantitative estimate of drug-likeness (QED) is 0.858. The van der Waals surface area contributed by atoms with Crippen LogP contribution in [0.1, 0.15) is 16.8 Å². The van der Waals surface area contributed by atoms with Gasteiger partial charge in [0.05, 0.1) is 17.7 Å². The highest BCUT2D eigenvalue weighted by Gasteiger charge is 2.16. The standard InChI is InChI=1S/C12H14ClNO2S/c1-16-12(15)10-6-8(2-3-11(10)13)14-9-4-5-17-7-9/h2-3,6,9,14H,4-5,7H2,1H3. The van der Waals surface area contributed by atoms with Gasteiger partial charge in [0.25, 0.3) is 0 Å². The summed E-state index contributed by atoms with van der Waals surface area (Å²) in [4.78, 5) is 11.5. The van der Waals surface area contributed by atoms with E-state index in [4.69, 9.17) is 11.6 Å². The van der Waals surface area contributed by atoms with E-state index in [0.717, 1.165) is 17.9 Å². The number of rotatable bonds is 3. The number of esters is 1. The Bertz CT molecular complexity index is 419. The van der Waals surface area contributed by atoms with Gasteiger partial charge >= 0.3 is 5.97 Å². The predicted octanol–water partition coefficient (Wildman–Crippen LogP) is 3.04. The van der Waals surface area contributed by atoms with Crippen molar-refractivity contribution in [3.05, 3.63) is 28.8 Å². The summed E-state index contributed by atoms with van der Waals surface area (Å²) in [7, 11) is 1.35. The van der Waals surface area contributed by atoms with Crippen molar-refractivity contribution < 1.29 is 9.53 Å². The van der Waals surface area contributed by atoms with Crippen molar-refractivity contribution in [2.75, 3.05) is 23.9 Å². The number of carbonyl (C=O) groups is 1. The van der Waals surface area contributed by atoms with Crippen LogP contribution in [-0.2, 0) is 4.74 Å². The Morgan fingerprint density at radius 3 is 3.06 bits per heavy atom. The minimum absolute atomic E-state index is 0.403. The summed E-state index contributed by atoms with van der Waals surface area (Å²) in [6, 6.07) is 5.83. The number of benzene rings is 1. The van der Waals surface area contributed by atoms with Crippen LogP contribution in [0.4, 0.5) is 5.69 Å². The molecule has 1 unspecified atom stereocenters. The number of halogens is 1. The summed E-state index contributed by atoms with van der Waals surface area (Å²) in [5.41, 5.74) is 1.33. The van der Waals surface area contributed by atoms with Crippen molar-refractivity contribution in [2.24, 2.45) is 0 Å². The van der Waals surface area contributed by atoms with E-state index in [0.29, 0.717) is 16.6 Å². The second kappa shape index (κ2) is 5.65. The van der Waals surface area contributed by atoms with E-state index >= 15 is 0 Å². The second-order valence-electron chi connectivity index (χ2n) is 3.89. The monoisotopic (exact) mass is 271 g/mol. The molecular formula is C12H14ClNO2S. The largest absolute Gasteiger partial charge is 0.465 e. The Morgan fingerprint density at radius 1 is 1.59 bits per heavy atom. The van der Waals surface area contributed by atoms with Crippen molar-refractivity contribution in [3.63, 3.8) is 0 Å². The van der Waals surface area contributed by atoms with E-state index in [9.17, 15) is 4.79 Å². The van der Waals surface area contributed by atoms with Crippen LogP contribution in [0.2, 0.25) is 5.02 Å². The van der Waals surface area contributed by atoms with Gasteiger partial charge in [0.15, 0.2) is 0 Å². The zero-order valence-electron chi connectivity index (χ0n) is 9.53. The van der Waals surface area contributed by atoms with Crippen molar-refractivity contribution >= 4 is 35.0 Å². The molecule has 0 bridgehead atoms. The molecule has 3 nitrogen and oxygen atoms in total. The summed E-state index contributed by atoms with van der Waals surface area (Å²) in [5, 5.41) is 3.82. The number of carbonyl (C=O) groups excluding carboxylic acids is 1. The first-order valence-corrected chi connectivity index (χ1v) is 6.96. The zero-order valence-corrected chi connectivity index (χ0v) is 11.1. The number of methoxy groups -OCH3 is 1. The molecule has 0 radical (unpaired) electrons. The van der Waals surface area contributed by atoms with E-state index < -0.39 is 5.97 Å². The minimum Gasteiger partial charge on any atom is -0.465 e. The molecule has 0 aromatic heterocycles. The van der Waals surface area contributed by atoms with Crippen LogP contribution in [0.25, 0.3) is 0 Å². The average Bonchev–Trinajstić information content (AvgIpc) is 2.83. The molecule has 17 heavy (non-hydrogen) atoms. The number of thioether (sulfide) groups is 1. The normalized spacial score (nSPS) is 19.1. The van der Waals surface area contributed by atoms with Crippen LogP contribution < -0.4 is 5.32 Å². The highest BCUT2D eigenvalue weighted by Crippen LogP contribution is 2.25. The lowest BCUT2D eigenvalue weighted by molar-refractivity contribution is 0.0601. The van der Waals surface area contributed by atoms with E-state index in [-0.39, 0.29) is 0 Å². The van der Waals surface area contributed by atoms with Gasteiger partial charge in [0, 0.05) is 17.5 Å². The molecule has 1 aliphatic heterocycles. The van der Waals surface area contributed by atoms with Gasteiger partial charge in [0.2, 0.25) is 0 Å². The lowest BCUT2D eigenvalue weighted by Crippen LogP contribution is -2.18. The fourth-order valence-electron chi connectivity index (χ4n) is 1.77. The molecule has 1 aromatic carbocycles. The topological polar surface area (TPSA) is 38.3 Å². The maximum Gasteiger partial charge on any atom is 0.339 e. The summed E-state index contributed by atoms with van der Waals surface area (Å²) in [6.07, 6.45) is 1.15. The van der Waals surface area contributed by atoms with E-state index in [1.165, 1.54) is 12.9 Å². The SMILES string of the molecule is COC(=O)c1cc(NC2CCSC2)ccc1Cl. The number of nitrogens with one attached hydrogen (secondary N) is 1. The summed E-state index contributed by atoms with van der Waals surface area (Å²) in [6.45, 7) is 0. The highest BCUT2D eigenvalue weighted by molar-refractivity contribution is 7.99. The van der Waals surface area contributed by atoms with Gasteiger partial charge in [-0.25, -0.2) is 4.79 Å². The van der Waals surface area contributed by atoms with Crippen molar-refractivity contribution in [2.45, 2.75) is 12.5 Å². The Morgan fingerprint density at radius 2 is 2.41 bits per heavy atom. The maximum absolute atomic E-state index is 11.5. The van der Waals surface area contributed by atoms with Gasteiger partial charge in [-0.2, -0.15) is 11.8 Å². The Hall–Kier alpha value is -0.870. The molecule has 92 valence electrons. The first-order chi connectivity index (χ1) is 8.20. The predicted molar refractivity (Wildman–Crippen MR) is 72.1 cm³/mol. The Labute approximate surface area is 110 Å². The third-order valence-corrected chi connectivity index (χ3v) is 4.16. The van der Waals surface area contributed by atoms with E-state index in [1.807, 2.05) is 17.8 Å². The second-order valence-corrected chi connectivity index (χ2v) is 5.45. The van der Waals surface area contributed by atoms with Crippen LogP contribution in [0.5, 0.6) is 0 Å². The molecule has 0 aliphatic carbocycles. The smallest absolute Gasteiger partial charge is 0.339 e. The van der Waals surface area contributed by atoms with Crippen LogP contribution >= 0.6 is 23.4 Å². The lowest BCUT2D eigenvalue weighted by atomic mass is 10.1. The van der Waals surface area contributed by atoms with E-state index in [1.54, 1.807) is 12.1 Å². The highest BCUT2D eigenvalue weighted by atomic mass is 35.5. The third-order valence-electron chi connectivity index (χ3n) is 2.67. The van der Waals surface area contributed by atoms with Crippen molar-refractivity contribution in [1.82, 2.24) is 0 Å². The molecule has 0 spiro atoms. The maximum atomic E-state index is 11.5. The lowest BCUT2D eigenvalue weighted by Gasteiger charge is -2.14. The fraction of sp³-hybridized carbons (Fsp3) is 0.417. The first-order valence-electron chi connectivity index (χ1n) is 5.43. The number of ether oxygens (including phenoxy) is 1. The first kappa shape index (κ1) is 12.6. The van der Waals surface area contributed by atoms with Gasteiger partial charge in [-0.3, -0.25) is 0 Å². The molecular weight excluding hydrogens is 258 g/mol. The van der Waals surface area contributed by atoms with Crippen LogP contribution in [0.15, 0.2) is 18.2 Å². The Kier molecular flexibility index (Phi) is 4.18. The molecule has 1 aliphatic rings. The van der Waals surface area contributed by atoms with Crippen LogP contribution in [0.3, 0.4) is 0 Å². The fourth-order valence-corrected chi connectivity index (χ4v) is 3.11. The van der Waals surface area contributed by atoms with Crippen LogP contribution in [0, 0.1) is 0 Å². The molecule has 0 saturated carbocycles. The van der Waals surface area contributed by atoms with Gasteiger partial charge in [0.1, 0.15) is 0 Å². The van der Waals surface area contributed by atoms with Gasteiger partial charge < -0.3 is 10.1 Å². The molecule has 1 heterocycles. The summed E-state index contributed by atoms with van der Waals surface area (Å²) in [5.74, 6) is 1.89. The summed E-state index contributed by atoms with van der Waals surface area (Å²) < 4.78 is 4.69. The van der Waals surface area contributed by atoms with Gasteiger partial charge in [-0.05, 0) is 30.4 Å². The zero-order chi connectivity index (χ0) is 12.3. The number of hydrogen-bond donors (Lipinski definition) is 1. The Balaban J connectivity index is 2.15. The van der Waals surface area contributed by atoms with Gasteiger partial charge in [-0.1, -0.05) is 11.6 Å². The molecule has 1 fully saturated rings. The van der Waals surface area contributed by atoms with E-state index in [2.05, 4.69) is 10.1 Å². The van der Waals surface area contributed by atoms with Crippen LogP contribution in [-0.4, -0.2) is 30.6 Å². The molecule has 2 rings (SSSR count). The molecule has 1 aromatic rings. The molecule has 1 saturated heterocycles. The third kappa shape index (κ3) is 3.07. The van der Waals surface area contributed by atoms with Crippen molar-refractivity contribution in [1.29, 1.82) is 0 Å². The molecule has 0 amide bonds. The average molecular weight is 272 g/mol. The van der Waals surface area contributed by atoms with Crippen molar-refractivity contribution in [3.8, 4) is 0 Å². The molecule has 1 atom stereocenters. The number of anilines is 1.